The summed E-state index contributed by atoms with van der Waals surface area (Å²) in [5.74, 6) is 0.456. The molecule has 0 aliphatic rings. The molecule has 4 aromatic rings. The van der Waals surface area contributed by atoms with E-state index in [9.17, 15) is 0 Å². The molecule has 146 valence electrons. The van der Waals surface area contributed by atoms with E-state index < -0.39 is 0 Å². The summed E-state index contributed by atoms with van der Waals surface area (Å²) in [5, 5.41) is 11.1. The van der Waals surface area contributed by atoms with Crippen LogP contribution in [0, 0.1) is 0 Å². The SMILES string of the molecule is CN/C(=C\C(N)=NC(C)c1cccc(-n2ccnn2)c1)c1ccc2ncsc2c1. The quantitative estimate of drug-likeness (QED) is 0.379. The highest BCUT2D eigenvalue weighted by molar-refractivity contribution is 7.16. The zero-order valence-corrected chi connectivity index (χ0v) is 17.0. The van der Waals surface area contributed by atoms with Crippen molar-refractivity contribution in [3.05, 3.63) is 77.6 Å². The first-order valence-electron chi connectivity index (χ1n) is 9.17. The van der Waals surface area contributed by atoms with Gasteiger partial charge in [-0.05, 0) is 42.3 Å². The molecule has 7 nitrogen and oxygen atoms in total. The van der Waals surface area contributed by atoms with E-state index in [0.717, 1.165) is 32.7 Å². The fourth-order valence-electron chi connectivity index (χ4n) is 3.08. The topological polar surface area (TPSA) is 94.0 Å². The van der Waals surface area contributed by atoms with Gasteiger partial charge in [-0.1, -0.05) is 23.4 Å². The molecule has 1 atom stereocenters. The van der Waals surface area contributed by atoms with Crippen LogP contribution < -0.4 is 11.1 Å². The van der Waals surface area contributed by atoms with Crippen molar-refractivity contribution < 1.29 is 0 Å². The van der Waals surface area contributed by atoms with Gasteiger partial charge in [-0.3, -0.25) is 4.99 Å². The van der Waals surface area contributed by atoms with Crippen LogP contribution in [0.25, 0.3) is 21.6 Å². The Hall–Kier alpha value is -3.52. The molecule has 4 rings (SSSR count). The van der Waals surface area contributed by atoms with Crippen LogP contribution in [0.2, 0.25) is 0 Å². The zero-order valence-electron chi connectivity index (χ0n) is 16.1. The third kappa shape index (κ3) is 4.17. The van der Waals surface area contributed by atoms with E-state index >= 15 is 0 Å². The van der Waals surface area contributed by atoms with Crippen LogP contribution in [-0.4, -0.2) is 32.9 Å². The van der Waals surface area contributed by atoms with Crippen molar-refractivity contribution in [2.45, 2.75) is 13.0 Å². The normalized spacial score (nSPS) is 13.6. The number of amidine groups is 1. The Morgan fingerprint density at radius 1 is 1.28 bits per heavy atom. The van der Waals surface area contributed by atoms with E-state index in [2.05, 4.69) is 31.7 Å². The summed E-state index contributed by atoms with van der Waals surface area (Å²) in [6.07, 6.45) is 5.32. The lowest BCUT2D eigenvalue weighted by Crippen LogP contribution is -2.14. The maximum absolute atomic E-state index is 6.25. The fourth-order valence-corrected chi connectivity index (χ4v) is 3.80. The van der Waals surface area contributed by atoms with Crippen LogP contribution in [0.15, 0.2) is 71.4 Å². The molecule has 0 saturated heterocycles. The number of hydrogen-bond acceptors (Lipinski definition) is 6. The zero-order chi connectivity index (χ0) is 20.2. The van der Waals surface area contributed by atoms with Crippen molar-refractivity contribution in [2.75, 3.05) is 7.05 Å². The molecule has 1 unspecified atom stereocenters. The predicted molar refractivity (Wildman–Crippen MR) is 118 cm³/mol. The summed E-state index contributed by atoms with van der Waals surface area (Å²) < 4.78 is 2.86. The van der Waals surface area contributed by atoms with E-state index in [-0.39, 0.29) is 6.04 Å². The molecule has 3 N–H and O–H groups in total. The highest BCUT2D eigenvalue weighted by Crippen LogP contribution is 2.23. The molecule has 2 heterocycles. The van der Waals surface area contributed by atoms with Gasteiger partial charge in [-0.15, -0.1) is 16.4 Å². The molecule has 0 aliphatic carbocycles. The van der Waals surface area contributed by atoms with Gasteiger partial charge >= 0.3 is 0 Å². The molecule has 0 aliphatic heterocycles. The first-order chi connectivity index (χ1) is 14.1. The van der Waals surface area contributed by atoms with Crippen LogP contribution >= 0.6 is 11.3 Å². The smallest absolute Gasteiger partial charge is 0.120 e. The maximum Gasteiger partial charge on any atom is 0.120 e. The third-order valence-corrected chi connectivity index (χ3v) is 5.38. The highest BCUT2D eigenvalue weighted by atomic mass is 32.1. The van der Waals surface area contributed by atoms with Crippen molar-refractivity contribution in [3.8, 4) is 5.69 Å². The van der Waals surface area contributed by atoms with Gasteiger partial charge < -0.3 is 11.1 Å². The summed E-state index contributed by atoms with van der Waals surface area (Å²) in [6, 6.07) is 14.1. The number of aromatic nitrogens is 4. The number of nitrogens with two attached hydrogens (primary N) is 1. The third-order valence-electron chi connectivity index (χ3n) is 4.59. The minimum Gasteiger partial charge on any atom is -0.388 e. The van der Waals surface area contributed by atoms with E-state index in [1.165, 1.54) is 0 Å². The lowest BCUT2D eigenvalue weighted by Gasteiger charge is -2.11. The van der Waals surface area contributed by atoms with Crippen LogP contribution in [0.3, 0.4) is 0 Å². The number of thiazole rings is 1. The first-order valence-corrected chi connectivity index (χ1v) is 10.0. The Bertz CT molecular complexity index is 1170. The number of aliphatic imine (C=N–C) groups is 1. The molecular formula is C21H21N7S. The van der Waals surface area contributed by atoms with Gasteiger partial charge in [0.15, 0.2) is 0 Å². The molecule has 29 heavy (non-hydrogen) atoms. The molecule has 2 aromatic heterocycles. The number of rotatable bonds is 6. The standard InChI is InChI=1S/C21H21N7S/c1-14(15-4-3-5-17(10-15)28-9-8-25-27-28)26-21(22)12-19(23-2)16-6-7-18-20(11-16)29-13-24-18/h3-14,23H,1-2H3,(H2,22,26)/b19-12-. The lowest BCUT2D eigenvalue weighted by atomic mass is 10.1. The average Bonchev–Trinajstić information content (AvgIpc) is 3.43. The molecule has 0 radical (unpaired) electrons. The van der Waals surface area contributed by atoms with Gasteiger partial charge in [-0.25, -0.2) is 9.67 Å². The minimum absolute atomic E-state index is 0.100. The molecule has 0 amide bonds. The van der Waals surface area contributed by atoms with Gasteiger partial charge in [0.1, 0.15) is 5.84 Å². The number of nitrogens with zero attached hydrogens (tertiary/aromatic N) is 5. The summed E-state index contributed by atoms with van der Waals surface area (Å²) in [6.45, 7) is 2.02. The monoisotopic (exact) mass is 403 g/mol. The second kappa shape index (κ2) is 8.24. The number of fused-ring (bicyclic) bond motifs is 1. The Morgan fingerprint density at radius 2 is 2.17 bits per heavy atom. The van der Waals surface area contributed by atoms with Gasteiger partial charge in [0.25, 0.3) is 0 Å². The fraction of sp³-hybridized carbons (Fsp3) is 0.143. The predicted octanol–water partition coefficient (Wildman–Crippen LogP) is 3.56. The van der Waals surface area contributed by atoms with Crippen molar-refractivity contribution in [1.29, 1.82) is 0 Å². The minimum atomic E-state index is -0.100. The van der Waals surface area contributed by atoms with Gasteiger partial charge in [-0.2, -0.15) is 0 Å². The second-order valence-corrected chi connectivity index (χ2v) is 7.40. The summed E-state index contributed by atoms with van der Waals surface area (Å²) in [7, 11) is 1.88. The Kier molecular flexibility index (Phi) is 5.35. The van der Waals surface area contributed by atoms with Crippen molar-refractivity contribution in [3.63, 3.8) is 0 Å². The first kappa shape index (κ1) is 18.8. The van der Waals surface area contributed by atoms with E-state index in [1.807, 2.05) is 68.2 Å². The Balaban J connectivity index is 1.59. The van der Waals surface area contributed by atoms with Crippen LogP contribution in [0.4, 0.5) is 0 Å². The second-order valence-electron chi connectivity index (χ2n) is 6.52. The van der Waals surface area contributed by atoms with Crippen LogP contribution in [0.1, 0.15) is 24.1 Å². The molecule has 0 bridgehead atoms. The van der Waals surface area contributed by atoms with Crippen molar-refractivity contribution in [2.24, 2.45) is 10.7 Å². The average molecular weight is 404 g/mol. The molecular weight excluding hydrogens is 382 g/mol. The van der Waals surface area contributed by atoms with Crippen LogP contribution in [0.5, 0.6) is 0 Å². The van der Waals surface area contributed by atoms with Crippen LogP contribution in [-0.2, 0) is 0 Å². The molecule has 2 aromatic carbocycles. The Morgan fingerprint density at radius 3 is 2.97 bits per heavy atom. The highest BCUT2D eigenvalue weighted by Gasteiger charge is 2.08. The largest absolute Gasteiger partial charge is 0.388 e. The molecule has 0 fully saturated rings. The number of nitrogens with one attached hydrogen (secondary N) is 1. The summed E-state index contributed by atoms with van der Waals surface area (Å²) >= 11 is 1.62. The van der Waals surface area contributed by atoms with E-state index in [4.69, 9.17) is 5.73 Å². The van der Waals surface area contributed by atoms with Gasteiger partial charge in [0.05, 0.1) is 39.9 Å². The van der Waals surface area contributed by atoms with Crippen molar-refractivity contribution in [1.82, 2.24) is 25.3 Å². The Labute approximate surface area is 172 Å². The van der Waals surface area contributed by atoms with Crippen molar-refractivity contribution >= 4 is 33.1 Å². The van der Waals surface area contributed by atoms with E-state index in [1.54, 1.807) is 22.2 Å². The lowest BCUT2D eigenvalue weighted by molar-refractivity contribution is 0.787. The molecule has 8 heteroatoms. The number of hydrogen-bond donors (Lipinski definition) is 2. The molecule has 0 saturated carbocycles. The summed E-state index contributed by atoms with van der Waals surface area (Å²) in [5.41, 5.74) is 13.0. The molecule has 0 spiro atoms. The van der Waals surface area contributed by atoms with E-state index in [0.29, 0.717) is 5.84 Å². The maximum atomic E-state index is 6.25. The van der Waals surface area contributed by atoms with Gasteiger partial charge in [0.2, 0.25) is 0 Å². The van der Waals surface area contributed by atoms with Gasteiger partial charge in [0, 0.05) is 18.8 Å². The summed E-state index contributed by atoms with van der Waals surface area (Å²) in [4.78, 5) is 8.98. The number of benzene rings is 2.